The summed E-state index contributed by atoms with van der Waals surface area (Å²) >= 11 is 0. The lowest BCUT2D eigenvalue weighted by Gasteiger charge is -2.26. The van der Waals surface area contributed by atoms with Crippen LogP contribution in [0.15, 0.2) is 24.3 Å². The minimum Gasteiger partial charge on any atom is -0.371 e. The van der Waals surface area contributed by atoms with E-state index in [2.05, 4.69) is 49.9 Å². The molecule has 0 saturated carbocycles. The zero-order valence-corrected chi connectivity index (χ0v) is 14.5. The summed E-state index contributed by atoms with van der Waals surface area (Å²) in [5.74, 6) is 0. The second kappa shape index (κ2) is 11.7. The van der Waals surface area contributed by atoms with Gasteiger partial charge in [-0.3, -0.25) is 0 Å². The van der Waals surface area contributed by atoms with Crippen LogP contribution in [-0.2, 0) is 0 Å². The van der Waals surface area contributed by atoms with Crippen LogP contribution in [0.3, 0.4) is 0 Å². The maximum Gasteiger partial charge on any atom is 0.0395 e. The van der Waals surface area contributed by atoms with E-state index >= 15 is 0 Å². The average Bonchev–Trinajstić information content (AvgIpc) is 2.50. The van der Waals surface area contributed by atoms with Crippen LogP contribution in [0.1, 0.15) is 77.2 Å². The Morgan fingerprint density at radius 2 is 1.29 bits per heavy atom. The lowest BCUT2D eigenvalue weighted by atomic mass is 10.1. The Bertz CT molecular complexity index is 359. The average molecular weight is 290 g/mol. The molecule has 1 rings (SSSR count). The van der Waals surface area contributed by atoms with Crippen LogP contribution in [0.4, 0.5) is 5.69 Å². The van der Waals surface area contributed by atoms with Crippen LogP contribution in [0.5, 0.6) is 0 Å². The number of para-hydroxylation sites is 1. The minimum atomic E-state index is 1.21. The van der Waals surface area contributed by atoms with Gasteiger partial charge in [-0.2, -0.15) is 0 Å². The molecule has 0 spiro atoms. The summed E-state index contributed by atoms with van der Waals surface area (Å²) in [6.07, 6.45) is 12.3. The van der Waals surface area contributed by atoms with Crippen molar-refractivity contribution in [1.82, 2.24) is 0 Å². The Kier molecular flexibility index (Phi) is 10.0. The lowest BCUT2D eigenvalue weighted by molar-refractivity contribution is 0.579. The fourth-order valence-corrected chi connectivity index (χ4v) is 2.88. The second-order valence-corrected chi connectivity index (χ2v) is 6.25. The van der Waals surface area contributed by atoms with Crippen LogP contribution in [0, 0.1) is 6.92 Å². The van der Waals surface area contributed by atoms with Gasteiger partial charge in [-0.15, -0.1) is 0 Å². The smallest absolute Gasteiger partial charge is 0.0395 e. The van der Waals surface area contributed by atoms with Crippen molar-refractivity contribution in [3.63, 3.8) is 0 Å². The van der Waals surface area contributed by atoms with Gasteiger partial charge in [0.25, 0.3) is 0 Å². The molecule has 0 amide bonds. The van der Waals surface area contributed by atoms with Crippen molar-refractivity contribution >= 4 is 5.69 Å². The van der Waals surface area contributed by atoms with Crippen molar-refractivity contribution in [2.75, 3.05) is 18.0 Å². The van der Waals surface area contributed by atoms with Crippen molar-refractivity contribution < 1.29 is 0 Å². The Balaban J connectivity index is 2.35. The van der Waals surface area contributed by atoms with Crippen LogP contribution >= 0.6 is 0 Å². The molecule has 0 fully saturated rings. The number of unbranched alkanes of at least 4 members (excludes halogenated alkanes) is 7. The normalized spacial score (nSPS) is 10.8. The van der Waals surface area contributed by atoms with Crippen LogP contribution in [-0.4, -0.2) is 13.1 Å². The predicted molar refractivity (Wildman–Crippen MR) is 96.3 cm³/mol. The zero-order valence-electron chi connectivity index (χ0n) is 14.5. The number of benzene rings is 1. The minimum absolute atomic E-state index is 1.21. The maximum atomic E-state index is 2.60. The molecule has 1 heteroatoms. The molecule has 1 nitrogen and oxygen atoms in total. The second-order valence-electron chi connectivity index (χ2n) is 6.25. The molecule has 0 atom stereocenters. The molecule has 0 saturated heterocycles. The van der Waals surface area contributed by atoms with E-state index in [1.165, 1.54) is 82.1 Å². The van der Waals surface area contributed by atoms with Gasteiger partial charge >= 0.3 is 0 Å². The third kappa shape index (κ3) is 7.55. The molecule has 0 aromatic heterocycles. The fourth-order valence-electron chi connectivity index (χ4n) is 2.88. The number of anilines is 1. The van der Waals surface area contributed by atoms with E-state index in [0.29, 0.717) is 0 Å². The van der Waals surface area contributed by atoms with Crippen molar-refractivity contribution in [2.24, 2.45) is 0 Å². The first-order valence-electron chi connectivity index (χ1n) is 9.10. The molecule has 0 unspecified atom stereocenters. The van der Waals surface area contributed by atoms with E-state index in [1.54, 1.807) is 0 Å². The molecule has 0 bridgehead atoms. The van der Waals surface area contributed by atoms with Gasteiger partial charge in [-0.25, -0.2) is 0 Å². The van der Waals surface area contributed by atoms with E-state index in [0.717, 1.165) is 0 Å². The summed E-state index contributed by atoms with van der Waals surface area (Å²) in [6.45, 7) is 9.23. The SMILES string of the molecule is CCCCCCCCCN(CCCC)c1ccccc1C. The lowest BCUT2D eigenvalue weighted by Crippen LogP contribution is -2.26. The fraction of sp³-hybridized carbons (Fsp3) is 0.700. The van der Waals surface area contributed by atoms with Crippen molar-refractivity contribution in [2.45, 2.75) is 78.6 Å². The van der Waals surface area contributed by atoms with Gasteiger partial charge in [0.15, 0.2) is 0 Å². The van der Waals surface area contributed by atoms with E-state index in [1.807, 2.05) is 0 Å². The highest BCUT2D eigenvalue weighted by atomic mass is 15.1. The molecular formula is C20H35N. The third-order valence-electron chi connectivity index (χ3n) is 4.27. The summed E-state index contributed by atoms with van der Waals surface area (Å²) in [4.78, 5) is 2.60. The standard InChI is InChI=1S/C20H35N/c1-4-6-8-9-10-11-14-18-21(17-7-5-2)20-16-13-12-15-19(20)3/h12-13,15-16H,4-11,14,17-18H2,1-3H3. The summed E-state index contributed by atoms with van der Waals surface area (Å²) in [7, 11) is 0. The predicted octanol–water partition coefficient (Wildman–Crippen LogP) is 6.35. The molecule has 0 aliphatic heterocycles. The zero-order chi connectivity index (χ0) is 15.3. The van der Waals surface area contributed by atoms with Crippen molar-refractivity contribution in [1.29, 1.82) is 0 Å². The molecule has 1 aromatic rings. The molecule has 120 valence electrons. The Morgan fingerprint density at radius 1 is 0.714 bits per heavy atom. The van der Waals surface area contributed by atoms with Gasteiger partial charge in [0.05, 0.1) is 0 Å². The number of hydrogen-bond acceptors (Lipinski definition) is 1. The largest absolute Gasteiger partial charge is 0.371 e. The van der Waals surface area contributed by atoms with Gasteiger partial charge in [0.1, 0.15) is 0 Å². The summed E-state index contributed by atoms with van der Waals surface area (Å²) in [6, 6.07) is 8.84. The highest BCUT2D eigenvalue weighted by Gasteiger charge is 2.07. The number of hydrogen-bond donors (Lipinski definition) is 0. The summed E-state index contributed by atoms with van der Waals surface area (Å²) < 4.78 is 0. The molecule has 0 aliphatic carbocycles. The topological polar surface area (TPSA) is 3.24 Å². The van der Waals surface area contributed by atoms with Gasteiger partial charge in [-0.05, 0) is 31.4 Å². The molecule has 0 heterocycles. The molecule has 21 heavy (non-hydrogen) atoms. The van der Waals surface area contributed by atoms with Gasteiger partial charge in [0.2, 0.25) is 0 Å². The molecule has 0 radical (unpaired) electrons. The van der Waals surface area contributed by atoms with Crippen LogP contribution < -0.4 is 4.90 Å². The number of aryl methyl sites for hydroxylation is 1. The third-order valence-corrected chi connectivity index (χ3v) is 4.27. The highest BCUT2D eigenvalue weighted by Crippen LogP contribution is 2.21. The first-order valence-corrected chi connectivity index (χ1v) is 9.10. The monoisotopic (exact) mass is 289 g/mol. The first kappa shape index (κ1) is 18.1. The summed E-state index contributed by atoms with van der Waals surface area (Å²) in [5.41, 5.74) is 2.86. The van der Waals surface area contributed by atoms with Gasteiger partial charge in [0, 0.05) is 18.8 Å². The first-order chi connectivity index (χ1) is 10.3. The Hall–Kier alpha value is -0.980. The van der Waals surface area contributed by atoms with Gasteiger partial charge in [-0.1, -0.05) is 77.0 Å². The quantitative estimate of drug-likeness (QED) is 0.405. The van der Waals surface area contributed by atoms with Crippen molar-refractivity contribution in [3.05, 3.63) is 29.8 Å². The Morgan fingerprint density at radius 3 is 1.95 bits per heavy atom. The van der Waals surface area contributed by atoms with Crippen LogP contribution in [0.25, 0.3) is 0 Å². The van der Waals surface area contributed by atoms with E-state index < -0.39 is 0 Å². The Labute approximate surface area is 132 Å². The molecule has 0 aliphatic rings. The number of nitrogens with zero attached hydrogens (tertiary/aromatic N) is 1. The van der Waals surface area contributed by atoms with E-state index in [9.17, 15) is 0 Å². The van der Waals surface area contributed by atoms with Gasteiger partial charge < -0.3 is 4.90 Å². The molecule has 1 aromatic carbocycles. The molecule has 0 N–H and O–H groups in total. The number of rotatable bonds is 12. The highest BCUT2D eigenvalue weighted by molar-refractivity contribution is 5.52. The van der Waals surface area contributed by atoms with Crippen molar-refractivity contribution in [3.8, 4) is 0 Å². The summed E-state index contributed by atoms with van der Waals surface area (Å²) in [5, 5.41) is 0. The van der Waals surface area contributed by atoms with Crippen LogP contribution in [0.2, 0.25) is 0 Å². The maximum absolute atomic E-state index is 2.60. The van der Waals surface area contributed by atoms with E-state index in [4.69, 9.17) is 0 Å². The molecular weight excluding hydrogens is 254 g/mol. The van der Waals surface area contributed by atoms with E-state index in [-0.39, 0.29) is 0 Å².